The molecule has 0 spiro atoms. The number of likely N-dealkylation sites (N-methyl/N-ethyl adjacent to an activating group) is 1. The summed E-state index contributed by atoms with van der Waals surface area (Å²) in [5.41, 5.74) is 19.0. The standard InChI is InChI=1S/C46H47Cl2F3N6O3/c1-57(46(49,50)51,27-23-54-44(59)31-60-38-17-15-37(16-18-38)55(24-21-47)25-22-48)26-5-8-43(58)33-11-9-32(10-12-33)30-56-42-29-36(53)14-20-40(42)39-19-13-35(52)28-41(39)45(56)34-6-3-2-4-7-34/h2-4,6-7,9-20,28-29,53H,5,8,21-27,30-31,52H2,1H3/p+2. The van der Waals surface area contributed by atoms with E-state index < -0.39 is 23.2 Å². The Kier molecular flexibility index (Phi) is 14.4. The SMILES string of the molecule is C[N+](CCCC(=O)c1ccc(C[n+]2c(-c3ccccc3)c3cc(N)ccc3c3ccc(N)cc32)cc1)(CCNC(=O)COc1ccc(N(CCCl)CCCl)cc1)C(F)(F)F. The van der Waals surface area contributed by atoms with E-state index in [1.807, 2.05) is 95.9 Å². The van der Waals surface area contributed by atoms with E-state index in [-0.39, 0.29) is 38.3 Å². The first kappa shape index (κ1) is 44.0. The van der Waals surface area contributed by atoms with E-state index in [1.54, 1.807) is 24.3 Å². The predicted octanol–water partition coefficient (Wildman–Crippen LogP) is 8.57. The molecule has 6 aromatic rings. The molecule has 6 rings (SSSR count). The third kappa shape index (κ3) is 10.6. The molecular formula is C46H49Cl2F3N6O3+2. The van der Waals surface area contributed by atoms with Gasteiger partial charge in [0.2, 0.25) is 11.2 Å². The molecule has 314 valence electrons. The molecule has 0 aliphatic carbocycles. The van der Waals surface area contributed by atoms with Crippen LogP contribution in [0.15, 0.2) is 115 Å². The van der Waals surface area contributed by atoms with E-state index in [2.05, 4.69) is 9.88 Å². The number of carbonyl (C=O) groups is 2. The number of anilines is 3. The minimum absolute atomic E-state index is 0.000775. The number of pyridine rings is 1. The van der Waals surface area contributed by atoms with Gasteiger partial charge >= 0.3 is 6.30 Å². The van der Waals surface area contributed by atoms with Gasteiger partial charge in [-0.2, -0.15) is 4.57 Å². The van der Waals surface area contributed by atoms with Gasteiger partial charge in [-0.1, -0.05) is 48.5 Å². The molecule has 1 amide bonds. The molecular weight excluding hydrogens is 812 g/mol. The number of ether oxygens (including phenoxy) is 1. The number of fused-ring (bicyclic) bond motifs is 3. The van der Waals surface area contributed by atoms with Crippen LogP contribution >= 0.6 is 23.2 Å². The Hall–Kier alpha value is -5.56. The first-order valence-corrected chi connectivity index (χ1v) is 20.8. The summed E-state index contributed by atoms with van der Waals surface area (Å²) in [6.45, 7) is 0.357. The third-order valence-electron chi connectivity index (χ3n) is 10.7. The maximum Gasteiger partial charge on any atom is 0.560 e. The maximum atomic E-state index is 14.3. The number of ketones is 1. The number of amides is 1. The summed E-state index contributed by atoms with van der Waals surface area (Å²) in [4.78, 5) is 27.8. The Balaban J connectivity index is 1.06. The molecule has 0 saturated heterocycles. The number of nitrogen functional groups attached to an aromatic ring is 2. The monoisotopic (exact) mass is 860 g/mol. The average molecular weight is 862 g/mol. The number of alkyl halides is 5. The minimum Gasteiger partial charge on any atom is -0.484 e. The number of halogens is 5. The van der Waals surface area contributed by atoms with Crippen molar-refractivity contribution in [3.63, 3.8) is 0 Å². The summed E-state index contributed by atoms with van der Waals surface area (Å²) < 4.78 is 49.4. The molecule has 1 heterocycles. The summed E-state index contributed by atoms with van der Waals surface area (Å²) in [6.07, 6.45) is -4.67. The number of benzene rings is 5. The molecule has 0 bridgehead atoms. The molecule has 5 N–H and O–H groups in total. The third-order valence-corrected chi connectivity index (χ3v) is 11.0. The normalized spacial score (nSPS) is 12.6. The highest BCUT2D eigenvalue weighted by atomic mass is 35.5. The van der Waals surface area contributed by atoms with Crippen molar-refractivity contribution < 1.29 is 36.5 Å². The Labute approximate surface area is 357 Å². The van der Waals surface area contributed by atoms with E-state index in [1.165, 1.54) is 0 Å². The van der Waals surface area contributed by atoms with Crippen molar-refractivity contribution in [2.75, 3.05) is 74.5 Å². The van der Waals surface area contributed by atoms with Crippen LogP contribution in [0.2, 0.25) is 0 Å². The Bertz CT molecular complexity index is 2410. The second-order valence-electron chi connectivity index (χ2n) is 14.9. The predicted molar refractivity (Wildman–Crippen MR) is 236 cm³/mol. The molecule has 5 aromatic carbocycles. The van der Waals surface area contributed by atoms with Gasteiger partial charge in [0.1, 0.15) is 12.3 Å². The second-order valence-corrected chi connectivity index (χ2v) is 15.7. The Morgan fingerprint density at radius 3 is 2.10 bits per heavy atom. The van der Waals surface area contributed by atoms with Crippen molar-refractivity contribution in [1.29, 1.82) is 0 Å². The van der Waals surface area contributed by atoms with Crippen molar-refractivity contribution in [1.82, 2.24) is 5.32 Å². The smallest absolute Gasteiger partial charge is 0.484 e. The van der Waals surface area contributed by atoms with E-state index in [4.69, 9.17) is 39.4 Å². The zero-order valence-corrected chi connectivity index (χ0v) is 34.9. The summed E-state index contributed by atoms with van der Waals surface area (Å²) in [5.74, 6) is 0.510. The zero-order chi connectivity index (χ0) is 42.9. The molecule has 0 aliphatic rings. The second kappa shape index (κ2) is 19.7. The molecule has 9 nitrogen and oxygen atoms in total. The van der Waals surface area contributed by atoms with Crippen molar-refractivity contribution in [2.45, 2.75) is 25.7 Å². The van der Waals surface area contributed by atoms with Crippen LogP contribution in [0.1, 0.15) is 28.8 Å². The fourth-order valence-corrected chi connectivity index (χ4v) is 7.78. The van der Waals surface area contributed by atoms with Crippen LogP contribution in [0.4, 0.5) is 30.2 Å². The van der Waals surface area contributed by atoms with E-state index in [0.29, 0.717) is 54.1 Å². The molecule has 1 atom stereocenters. The van der Waals surface area contributed by atoms with Crippen LogP contribution < -0.4 is 31.0 Å². The number of rotatable bonds is 19. The molecule has 1 aromatic heterocycles. The first-order valence-electron chi connectivity index (χ1n) is 19.7. The maximum absolute atomic E-state index is 14.3. The lowest BCUT2D eigenvalue weighted by molar-refractivity contribution is -1.01. The van der Waals surface area contributed by atoms with Crippen LogP contribution in [0.25, 0.3) is 32.9 Å². The summed E-state index contributed by atoms with van der Waals surface area (Å²) in [5, 5.41) is 5.57. The van der Waals surface area contributed by atoms with E-state index >= 15 is 0 Å². The van der Waals surface area contributed by atoms with Gasteiger partial charge in [0.05, 0.1) is 30.9 Å². The fourth-order valence-electron chi connectivity index (χ4n) is 7.38. The van der Waals surface area contributed by atoms with Crippen molar-refractivity contribution in [3.8, 4) is 17.0 Å². The van der Waals surface area contributed by atoms with Gasteiger partial charge in [-0.15, -0.1) is 36.4 Å². The van der Waals surface area contributed by atoms with Gasteiger partial charge in [0, 0.05) is 82.9 Å². The highest BCUT2D eigenvalue weighted by molar-refractivity contribution is 6.18. The minimum atomic E-state index is -4.60. The van der Waals surface area contributed by atoms with Gasteiger partial charge in [0.15, 0.2) is 18.9 Å². The van der Waals surface area contributed by atoms with Gasteiger partial charge in [0.25, 0.3) is 5.91 Å². The van der Waals surface area contributed by atoms with Crippen LogP contribution in [-0.4, -0.2) is 80.6 Å². The fraction of sp³-hybridized carbons (Fsp3) is 0.283. The lowest BCUT2D eigenvalue weighted by Gasteiger charge is -2.35. The topological polar surface area (TPSA) is 115 Å². The number of Topliss-reactive ketones (excluding diaryl/α,β-unsaturated/α-hetero) is 1. The quantitative estimate of drug-likeness (QED) is 0.0143. The van der Waals surface area contributed by atoms with Gasteiger partial charge < -0.3 is 26.4 Å². The molecule has 0 fully saturated rings. The molecule has 14 heteroatoms. The number of nitrogens with two attached hydrogens (primary N) is 2. The number of nitrogens with one attached hydrogen (secondary N) is 1. The molecule has 60 heavy (non-hydrogen) atoms. The molecule has 0 radical (unpaired) electrons. The van der Waals surface area contributed by atoms with Gasteiger partial charge in [-0.3, -0.25) is 9.59 Å². The number of hydrogen-bond donors (Lipinski definition) is 3. The van der Waals surface area contributed by atoms with Crippen molar-refractivity contribution >= 4 is 73.6 Å². The van der Waals surface area contributed by atoms with Gasteiger partial charge in [-0.05, 0) is 60.7 Å². The highest BCUT2D eigenvalue weighted by Crippen LogP contribution is 2.34. The number of aromatic nitrogens is 1. The van der Waals surface area contributed by atoms with Gasteiger partial charge in [-0.25, -0.2) is 4.48 Å². The summed E-state index contributed by atoms with van der Waals surface area (Å²) in [6, 6.07) is 36.0. The van der Waals surface area contributed by atoms with E-state index in [0.717, 1.165) is 51.2 Å². The summed E-state index contributed by atoms with van der Waals surface area (Å²) in [7, 11) is 1.07. The number of quaternary nitrogens is 1. The molecule has 1 unspecified atom stereocenters. The van der Waals surface area contributed by atoms with Crippen LogP contribution in [0.5, 0.6) is 5.75 Å². The lowest BCUT2D eigenvalue weighted by Crippen LogP contribution is -2.58. The average Bonchev–Trinajstić information content (AvgIpc) is 3.23. The highest BCUT2D eigenvalue weighted by Gasteiger charge is 2.51. The zero-order valence-electron chi connectivity index (χ0n) is 33.4. The largest absolute Gasteiger partial charge is 0.560 e. The molecule has 0 aliphatic heterocycles. The first-order chi connectivity index (χ1) is 28.8. The van der Waals surface area contributed by atoms with Crippen molar-refractivity contribution in [2.24, 2.45) is 0 Å². The molecule has 0 saturated carbocycles. The van der Waals surface area contributed by atoms with E-state index in [9.17, 15) is 22.8 Å². The summed E-state index contributed by atoms with van der Waals surface area (Å²) >= 11 is 11.8. The Morgan fingerprint density at radius 2 is 1.45 bits per heavy atom. The van der Waals surface area contributed by atoms with Crippen molar-refractivity contribution in [3.05, 3.63) is 126 Å². The van der Waals surface area contributed by atoms with Crippen LogP contribution in [0.3, 0.4) is 0 Å². The van der Waals surface area contributed by atoms with Crippen LogP contribution in [-0.2, 0) is 11.3 Å². The van der Waals surface area contributed by atoms with Crippen LogP contribution in [0, 0.1) is 0 Å². The number of carbonyl (C=O) groups excluding carboxylic acids is 2. The number of hydrogen-bond acceptors (Lipinski definition) is 6. The lowest BCUT2D eigenvalue weighted by atomic mass is 9.97. The number of nitrogens with zero attached hydrogens (tertiary/aromatic N) is 3. The Morgan fingerprint density at radius 1 is 0.800 bits per heavy atom.